The average Bonchev–Trinajstić information content (AvgIpc) is 3.32. The van der Waals surface area contributed by atoms with Crippen molar-refractivity contribution in [1.29, 1.82) is 0 Å². The SMILES string of the molecule is Fc1cccc(Cl)c1Cn1ccc(NC(=S)Nc2nn(Cc3ccc(Cl)cc3)cc2Br)n1. The van der Waals surface area contributed by atoms with Gasteiger partial charge in [0.25, 0.3) is 0 Å². The van der Waals surface area contributed by atoms with Gasteiger partial charge in [0.1, 0.15) is 5.82 Å². The van der Waals surface area contributed by atoms with E-state index >= 15 is 0 Å². The second kappa shape index (κ2) is 9.99. The minimum absolute atomic E-state index is 0.202. The Bertz CT molecular complexity index is 1240. The number of halogens is 4. The molecule has 164 valence electrons. The smallest absolute Gasteiger partial charge is 0.177 e. The maximum Gasteiger partial charge on any atom is 0.177 e. The van der Waals surface area contributed by atoms with Gasteiger partial charge in [-0.15, -0.1) is 0 Å². The number of hydrogen-bond donors (Lipinski definition) is 2. The zero-order valence-electron chi connectivity index (χ0n) is 16.4. The molecule has 0 fully saturated rings. The van der Waals surface area contributed by atoms with Gasteiger partial charge in [-0.3, -0.25) is 9.36 Å². The highest BCUT2D eigenvalue weighted by Gasteiger charge is 2.11. The summed E-state index contributed by atoms with van der Waals surface area (Å²) < 4.78 is 18.1. The van der Waals surface area contributed by atoms with Crippen molar-refractivity contribution in [1.82, 2.24) is 19.6 Å². The highest BCUT2D eigenvalue weighted by molar-refractivity contribution is 9.10. The van der Waals surface area contributed by atoms with Crippen molar-refractivity contribution < 1.29 is 4.39 Å². The molecular weight excluding hydrogens is 538 g/mol. The Labute approximate surface area is 207 Å². The molecule has 4 rings (SSSR count). The molecule has 0 bridgehead atoms. The van der Waals surface area contributed by atoms with Gasteiger partial charge >= 0.3 is 0 Å². The quantitative estimate of drug-likeness (QED) is 0.279. The van der Waals surface area contributed by atoms with Crippen LogP contribution in [0.2, 0.25) is 10.0 Å². The minimum atomic E-state index is -0.376. The first-order valence-corrected chi connectivity index (χ1v) is 11.3. The summed E-state index contributed by atoms with van der Waals surface area (Å²) in [7, 11) is 0. The fourth-order valence-electron chi connectivity index (χ4n) is 2.96. The van der Waals surface area contributed by atoms with Crippen LogP contribution < -0.4 is 10.6 Å². The molecule has 0 amide bonds. The predicted molar refractivity (Wildman–Crippen MR) is 133 cm³/mol. The fraction of sp³-hybridized carbons (Fsp3) is 0.0952. The van der Waals surface area contributed by atoms with E-state index in [0.717, 1.165) is 10.0 Å². The van der Waals surface area contributed by atoms with Gasteiger partial charge in [0, 0.05) is 34.1 Å². The summed E-state index contributed by atoms with van der Waals surface area (Å²) in [5, 5.41) is 16.3. The van der Waals surface area contributed by atoms with E-state index in [2.05, 4.69) is 36.8 Å². The first-order valence-electron chi connectivity index (χ1n) is 9.39. The topological polar surface area (TPSA) is 59.7 Å². The normalized spacial score (nSPS) is 10.9. The van der Waals surface area contributed by atoms with Gasteiger partial charge in [0.15, 0.2) is 16.7 Å². The number of nitrogens with zero attached hydrogens (tertiary/aromatic N) is 4. The number of anilines is 2. The molecular formula is C21H16BrCl2FN6S. The number of thiocarbonyl (C=S) groups is 1. The van der Waals surface area contributed by atoms with Crippen molar-refractivity contribution in [2.75, 3.05) is 10.6 Å². The third-order valence-electron chi connectivity index (χ3n) is 4.47. The van der Waals surface area contributed by atoms with Crippen LogP contribution >= 0.6 is 51.3 Å². The standard InChI is InChI=1S/C21H16BrCl2FN6S/c22-16-12-31(10-13-4-6-14(23)7-5-13)29-20(16)27-21(32)26-19-8-9-30(28-19)11-15-17(24)2-1-3-18(15)25/h1-9,12H,10-11H2,(H2,26,27,28,29,32). The van der Waals surface area contributed by atoms with Crippen molar-refractivity contribution in [3.05, 3.63) is 92.4 Å². The van der Waals surface area contributed by atoms with E-state index in [1.54, 1.807) is 33.8 Å². The molecule has 0 aliphatic heterocycles. The highest BCUT2D eigenvalue weighted by atomic mass is 79.9. The summed E-state index contributed by atoms with van der Waals surface area (Å²) in [4.78, 5) is 0. The lowest BCUT2D eigenvalue weighted by atomic mass is 10.2. The summed E-state index contributed by atoms with van der Waals surface area (Å²) in [6.45, 7) is 0.786. The lowest BCUT2D eigenvalue weighted by Crippen LogP contribution is -2.20. The van der Waals surface area contributed by atoms with Gasteiger partial charge in [-0.05, 0) is 58.0 Å². The summed E-state index contributed by atoms with van der Waals surface area (Å²) >= 11 is 20.9. The molecule has 2 N–H and O–H groups in total. The Morgan fingerprint density at radius 3 is 2.53 bits per heavy atom. The predicted octanol–water partition coefficient (Wildman–Crippen LogP) is 6.19. The molecule has 2 heterocycles. The van der Waals surface area contributed by atoms with Crippen LogP contribution in [0.1, 0.15) is 11.1 Å². The average molecular weight is 554 g/mol. The Hall–Kier alpha value is -2.46. The molecule has 0 aliphatic carbocycles. The van der Waals surface area contributed by atoms with Crippen molar-refractivity contribution >= 4 is 68.1 Å². The molecule has 4 aromatic rings. The molecule has 0 atom stereocenters. The third kappa shape index (κ3) is 5.66. The molecule has 6 nitrogen and oxygen atoms in total. The zero-order valence-corrected chi connectivity index (χ0v) is 20.3. The van der Waals surface area contributed by atoms with Crippen LogP contribution in [0, 0.1) is 5.82 Å². The fourth-order valence-corrected chi connectivity index (χ4v) is 3.92. The second-order valence-corrected chi connectivity index (χ2v) is 8.93. The maximum absolute atomic E-state index is 14.0. The minimum Gasteiger partial charge on any atom is -0.316 e. The second-order valence-electron chi connectivity index (χ2n) is 6.83. The van der Waals surface area contributed by atoms with Gasteiger partial charge in [-0.1, -0.05) is 41.4 Å². The van der Waals surface area contributed by atoms with Crippen LogP contribution in [0.3, 0.4) is 0 Å². The van der Waals surface area contributed by atoms with Crippen molar-refractivity contribution in [3.63, 3.8) is 0 Å². The van der Waals surface area contributed by atoms with Gasteiger partial charge in [0.2, 0.25) is 0 Å². The number of hydrogen-bond acceptors (Lipinski definition) is 3. The lowest BCUT2D eigenvalue weighted by molar-refractivity contribution is 0.586. The molecule has 11 heteroatoms. The first-order chi connectivity index (χ1) is 15.4. The van der Waals surface area contributed by atoms with Crippen LogP contribution in [-0.2, 0) is 13.1 Å². The molecule has 0 unspecified atom stereocenters. The van der Waals surface area contributed by atoms with Crippen LogP contribution in [-0.4, -0.2) is 24.7 Å². The summed E-state index contributed by atoms with van der Waals surface area (Å²) in [6.07, 6.45) is 3.57. The van der Waals surface area contributed by atoms with E-state index in [1.807, 2.05) is 30.5 Å². The van der Waals surface area contributed by atoms with E-state index < -0.39 is 0 Å². The molecule has 0 radical (unpaired) electrons. The lowest BCUT2D eigenvalue weighted by Gasteiger charge is -2.08. The molecule has 0 saturated carbocycles. The molecule has 0 aliphatic rings. The summed E-state index contributed by atoms with van der Waals surface area (Å²) in [5.74, 6) is 0.694. The van der Waals surface area contributed by atoms with Crippen LogP contribution in [0.5, 0.6) is 0 Å². The van der Waals surface area contributed by atoms with E-state index in [-0.39, 0.29) is 12.4 Å². The number of aromatic nitrogens is 4. The largest absolute Gasteiger partial charge is 0.316 e. The third-order valence-corrected chi connectivity index (χ3v) is 5.86. The Morgan fingerprint density at radius 2 is 1.78 bits per heavy atom. The van der Waals surface area contributed by atoms with Crippen molar-refractivity contribution in [2.24, 2.45) is 0 Å². The van der Waals surface area contributed by atoms with Crippen molar-refractivity contribution in [2.45, 2.75) is 13.1 Å². The molecule has 0 saturated heterocycles. The molecule has 2 aromatic heterocycles. The van der Waals surface area contributed by atoms with Gasteiger partial charge in [-0.2, -0.15) is 10.2 Å². The Morgan fingerprint density at radius 1 is 1.00 bits per heavy atom. The van der Waals surface area contributed by atoms with Crippen LogP contribution in [0.25, 0.3) is 0 Å². The summed E-state index contributed by atoms with van der Waals surface area (Å²) in [5.41, 5.74) is 1.44. The number of rotatable bonds is 6. The maximum atomic E-state index is 14.0. The van der Waals surface area contributed by atoms with E-state index in [4.69, 9.17) is 35.4 Å². The van der Waals surface area contributed by atoms with E-state index in [1.165, 1.54) is 6.07 Å². The highest BCUT2D eigenvalue weighted by Crippen LogP contribution is 2.22. The number of nitrogens with one attached hydrogen (secondary N) is 2. The van der Waals surface area contributed by atoms with Crippen LogP contribution in [0.15, 0.2) is 65.4 Å². The van der Waals surface area contributed by atoms with E-state index in [9.17, 15) is 4.39 Å². The molecule has 0 spiro atoms. The number of benzene rings is 2. The Balaban J connectivity index is 1.37. The monoisotopic (exact) mass is 552 g/mol. The van der Waals surface area contributed by atoms with E-state index in [0.29, 0.717) is 38.9 Å². The van der Waals surface area contributed by atoms with Gasteiger partial charge in [0.05, 0.1) is 17.6 Å². The van der Waals surface area contributed by atoms with Crippen LogP contribution in [0.4, 0.5) is 16.0 Å². The first kappa shape index (κ1) is 22.7. The zero-order chi connectivity index (χ0) is 22.7. The molecule has 32 heavy (non-hydrogen) atoms. The van der Waals surface area contributed by atoms with Crippen molar-refractivity contribution in [3.8, 4) is 0 Å². The van der Waals surface area contributed by atoms with Gasteiger partial charge < -0.3 is 10.6 Å². The molecule has 2 aromatic carbocycles. The Kier molecular flexibility index (Phi) is 7.10. The van der Waals surface area contributed by atoms with Gasteiger partial charge in [-0.25, -0.2) is 4.39 Å². The summed E-state index contributed by atoms with van der Waals surface area (Å²) in [6, 6.07) is 13.9.